The Morgan fingerprint density at radius 2 is 0.933 bits per heavy atom. The van der Waals surface area contributed by atoms with Crippen LogP contribution in [0.25, 0.3) is 87.6 Å². The summed E-state index contributed by atoms with van der Waals surface area (Å²) >= 11 is 0. The minimum Gasteiger partial charge on any atom is -0.455 e. The molecular formula is C44H26O. The van der Waals surface area contributed by atoms with Crippen molar-refractivity contribution in [2.24, 2.45) is 0 Å². The van der Waals surface area contributed by atoms with Crippen molar-refractivity contribution in [2.45, 2.75) is 0 Å². The Bertz CT molecular complexity index is 2600. The molecule has 45 heavy (non-hydrogen) atoms. The monoisotopic (exact) mass is 570 g/mol. The fourth-order valence-electron chi connectivity index (χ4n) is 7.49. The maximum Gasteiger partial charge on any atom is 0.143 e. The Hall–Kier alpha value is -5.92. The van der Waals surface area contributed by atoms with Gasteiger partial charge in [-0.05, 0) is 95.3 Å². The Balaban J connectivity index is 1.15. The molecule has 1 heteroatoms. The van der Waals surface area contributed by atoms with E-state index in [-0.39, 0.29) is 0 Å². The van der Waals surface area contributed by atoms with Gasteiger partial charge >= 0.3 is 0 Å². The normalized spacial score (nSPS) is 12.2. The zero-order chi connectivity index (χ0) is 29.5. The molecule has 208 valence electrons. The predicted octanol–water partition coefficient (Wildman–Crippen LogP) is 12.5. The van der Waals surface area contributed by atoms with E-state index in [0.29, 0.717) is 0 Å². The van der Waals surface area contributed by atoms with Gasteiger partial charge in [0.25, 0.3) is 0 Å². The lowest BCUT2D eigenvalue weighted by Crippen LogP contribution is -1.99. The van der Waals surface area contributed by atoms with Crippen LogP contribution in [-0.2, 0) is 0 Å². The second-order valence-corrected chi connectivity index (χ2v) is 12.1. The molecule has 0 radical (unpaired) electrons. The third-order valence-corrected chi connectivity index (χ3v) is 9.60. The van der Waals surface area contributed by atoms with Gasteiger partial charge in [-0.1, -0.05) is 133 Å². The van der Waals surface area contributed by atoms with Crippen LogP contribution in [0, 0.1) is 0 Å². The molecule has 1 heterocycles. The van der Waals surface area contributed by atoms with E-state index in [2.05, 4.69) is 158 Å². The average Bonchev–Trinajstić information content (AvgIpc) is 3.11. The largest absolute Gasteiger partial charge is 0.455 e. The maximum atomic E-state index is 6.82. The summed E-state index contributed by atoms with van der Waals surface area (Å²) in [5.74, 6) is 1.82. The predicted molar refractivity (Wildman–Crippen MR) is 189 cm³/mol. The van der Waals surface area contributed by atoms with Crippen LogP contribution < -0.4 is 4.74 Å². The van der Waals surface area contributed by atoms with E-state index in [1.165, 1.54) is 70.9 Å². The van der Waals surface area contributed by atoms with Crippen LogP contribution >= 0.6 is 0 Å². The molecule has 0 aliphatic carbocycles. The number of rotatable bonds is 3. The van der Waals surface area contributed by atoms with E-state index >= 15 is 0 Å². The molecule has 1 aliphatic heterocycles. The minimum atomic E-state index is 0.894. The highest BCUT2D eigenvalue weighted by molar-refractivity contribution is 6.25. The average molecular weight is 571 g/mol. The summed E-state index contributed by atoms with van der Waals surface area (Å²) in [6, 6.07) is 57.2. The molecule has 0 bridgehead atoms. The van der Waals surface area contributed by atoms with Gasteiger partial charge in [-0.25, -0.2) is 0 Å². The Labute approximate surface area is 260 Å². The summed E-state index contributed by atoms with van der Waals surface area (Å²) in [6.45, 7) is 0. The van der Waals surface area contributed by atoms with Crippen molar-refractivity contribution >= 4 is 43.1 Å². The van der Waals surface area contributed by atoms with E-state index in [1.807, 2.05) is 0 Å². The Morgan fingerprint density at radius 1 is 0.311 bits per heavy atom. The molecule has 0 fully saturated rings. The highest BCUT2D eigenvalue weighted by Gasteiger charge is 2.24. The van der Waals surface area contributed by atoms with Crippen LogP contribution in [-0.4, -0.2) is 0 Å². The number of benzene rings is 9. The van der Waals surface area contributed by atoms with Crippen molar-refractivity contribution in [3.8, 4) is 56.0 Å². The molecule has 0 saturated heterocycles. The van der Waals surface area contributed by atoms with Crippen LogP contribution in [0.4, 0.5) is 0 Å². The number of fused-ring (bicyclic) bond motifs is 2. The molecule has 0 saturated carbocycles. The molecule has 0 amide bonds. The Kier molecular flexibility index (Phi) is 5.06. The van der Waals surface area contributed by atoms with Gasteiger partial charge in [0, 0.05) is 16.5 Å². The van der Waals surface area contributed by atoms with Crippen molar-refractivity contribution in [3.05, 3.63) is 158 Å². The molecule has 10 rings (SSSR count). The van der Waals surface area contributed by atoms with Crippen molar-refractivity contribution < 1.29 is 4.74 Å². The van der Waals surface area contributed by atoms with Gasteiger partial charge in [0.15, 0.2) is 0 Å². The summed E-state index contributed by atoms with van der Waals surface area (Å²) in [6.07, 6.45) is 0. The fraction of sp³-hybridized carbons (Fsp3) is 0. The van der Waals surface area contributed by atoms with Crippen LogP contribution in [0.15, 0.2) is 158 Å². The van der Waals surface area contributed by atoms with E-state index in [4.69, 9.17) is 4.74 Å². The van der Waals surface area contributed by atoms with Gasteiger partial charge in [0.05, 0.1) is 0 Å². The van der Waals surface area contributed by atoms with Crippen LogP contribution in [0.2, 0.25) is 0 Å². The molecule has 9 aromatic carbocycles. The second-order valence-electron chi connectivity index (χ2n) is 12.1. The van der Waals surface area contributed by atoms with Gasteiger partial charge in [-0.3, -0.25) is 0 Å². The molecule has 0 N–H and O–H groups in total. The maximum absolute atomic E-state index is 6.82. The zero-order valence-corrected chi connectivity index (χ0v) is 24.4. The third kappa shape index (κ3) is 3.62. The summed E-state index contributed by atoms with van der Waals surface area (Å²) in [7, 11) is 0. The van der Waals surface area contributed by atoms with Gasteiger partial charge in [-0.15, -0.1) is 0 Å². The summed E-state index contributed by atoms with van der Waals surface area (Å²) in [5, 5.41) is 10.2. The molecule has 1 nitrogen and oxygen atoms in total. The SMILES string of the molecule is c1ccc(-c2ccc3c(c2)-c2cccc4ccc(-c5cccc(-c6ccc7ccc8cccc9ccc6c7c89)c5)c(c24)O3)cc1. The summed E-state index contributed by atoms with van der Waals surface area (Å²) in [5.41, 5.74) is 9.44. The smallest absolute Gasteiger partial charge is 0.143 e. The lowest BCUT2D eigenvalue weighted by atomic mass is 9.88. The number of hydrogen-bond donors (Lipinski definition) is 0. The molecule has 0 unspecified atom stereocenters. The van der Waals surface area contributed by atoms with Gasteiger partial charge in [0.1, 0.15) is 11.5 Å². The topological polar surface area (TPSA) is 9.23 Å². The van der Waals surface area contributed by atoms with Crippen molar-refractivity contribution in [1.82, 2.24) is 0 Å². The van der Waals surface area contributed by atoms with Gasteiger partial charge < -0.3 is 4.74 Å². The van der Waals surface area contributed by atoms with Crippen molar-refractivity contribution in [1.29, 1.82) is 0 Å². The summed E-state index contributed by atoms with van der Waals surface area (Å²) < 4.78 is 6.82. The highest BCUT2D eigenvalue weighted by atomic mass is 16.5. The molecule has 9 aromatic rings. The first-order valence-corrected chi connectivity index (χ1v) is 15.5. The molecule has 0 aromatic heterocycles. The second kappa shape index (κ2) is 9.29. The van der Waals surface area contributed by atoms with Crippen LogP contribution in [0.5, 0.6) is 11.5 Å². The molecule has 0 spiro atoms. The molecule has 1 aliphatic rings. The minimum absolute atomic E-state index is 0.894. The Morgan fingerprint density at radius 3 is 1.76 bits per heavy atom. The number of hydrogen-bond acceptors (Lipinski definition) is 1. The fourth-order valence-corrected chi connectivity index (χ4v) is 7.49. The molecule has 0 atom stereocenters. The van der Waals surface area contributed by atoms with Gasteiger partial charge in [-0.2, -0.15) is 0 Å². The number of ether oxygens (including phenoxy) is 1. The quantitative estimate of drug-likeness (QED) is 0.192. The van der Waals surface area contributed by atoms with E-state index in [0.717, 1.165) is 28.2 Å². The first-order valence-electron chi connectivity index (χ1n) is 15.5. The lowest BCUT2D eigenvalue weighted by molar-refractivity contribution is 0.489. The van der Waals surface area contributed by atoms with Crippen LogP contribution in [0.1, 0.15) is 0 Å². The first kappa shape index (κ1) is 24.5. The van der Waals surface area contributed by atoms with E-state index < -0.39 is 0 Å². The van der Waals surface area contributed by atoms with Crippen molar-refractivity contribution in [2.75, 3.05) is 0 Å². The highest BCUT2D eigenvalue weighted by Crippen LogP contribution is 2.51. The lowest BCUT2D eigenvalue weighted by Gasteiger charge is -2.24. The van der Waals surface area contributed by atoms with Crippen molar-refractivity contribution in [3.63, 3.8) is 0 Å². The first-order chi connectivity index (χ1) is 22.3. The van der Waals surface area contributed by atoms with E-state index in [9.17, 15) is 0 Å². The third-order valence-electron chi connectivity index (χ3n) is 9.60. The van der Waals surface area contributed by atoms with E-state index in [1.54, 1.807) is 0 Å². The van der Waals surface area contributed by atoms with Gasteiger partial charge in [0.2, 0.25) is 0 Å². The van der Waals surface area contributed by atoms with Crippen LogP contribution in [0.3, 0.4) is 0 Å². The summed E-state index contributed by atoms with van der Waals surface area (Å²) in [4.78, 5) is 0. The molecular weight excluding hydrogens is 544 g/mol. The zero-order valence-electron chi connectivity index (χ0n) is 24.4. The standard InChI is InChI=1S/C44H26O/c1-2-7-27(8-3-1)32-20-24-40-39(26-32)37-14-6-11-30-18-22-36(44(45-40)43(30)37)34-13-5-12-33(25-34)35-21-17-31-16-15-28-9-4-10-29-19-23-38(35)42(31)41(28)29/h1-26H.